The Morgan fingerprint density at radius 2 is 0.506 bits per heavy atom. The summed E-state index contributed by atoms with van der Waals surface area (Å²) in [5.41, 5.74) is 0. The van der Waals surface area contributed by atoms with Gasteiger partial charge in [0.2, 0.25) is 0 Å². The topological polar surface area (TPSA) is 78.9 Å². The van der Waals surface area contributed by atoms with Gasteiger partial charge in [-0.25, -0.2) is 0 Å². The number of unbranched alkanes of at least 4 members (excludes halogenated alkanes) is 26. The minimum absolute atomic E-state index is 0.0943. The Labute approximate surface area is 475 Å². The fourth-order valence-corrected chi connectivity index (χ4v) is 8.62. The first-order valence-corrected chi connectivity index (χ1v) is 32.0. The van der Waals surface area contributed by atoms with Crippen LogP contribution in [0.4, 0.5) is 0 Å². The van der Waals surface area contributed by atoms with E-state index in [9.17, 15) is 14.4 Å². The van der Waals surface area contributed by atoms with Crippen LogP contribution in [0.3, 0.4) is 0 Å². The molecule has 6 heteroatoms. The predicted molar refractivity (Wildman–Crippen MR) is 334 cm³/mol. The van der Waals surface area contributed by atoms with Gasteiger partial charge in [-0.05, 0) is 135 Å². The summed E-state index contributed by atoms with van der Waals surface area (Å²) < 4.78 is 16.9. The molecule has 0 N–H and O–H groups in total. The summed E-state index contributed by atoms with van der Waals surface area (Å²) in [6.07, 6.45) is 89.0. The van der Waals surface area contributed by atoms with Crippen molar-refractivity contribution in [3.63, 3.8) is 0 Å². The number of esters is 3. The van der Waals surface area contributed by atoms with Crippen molar-refractivity contribution in [3.05, 3.63) is 122 Å². The van der Waals surface area contributed by atoms with E-state index >= 15 is 0 Å². The monoisotopic (exact) mass is 1070 g/mol. The van der Waals surface area contributed by atoms with Crippen molar-refractivity contribution in [2.24, 2.45) is 0 Å². The first-order valence-electron chi connectivity index (χ1n) is 32.0. The molecule has 0 aliphatic heterocycles. The summed E-state index contributed by atoms with van der Waals surface area (Å²) in [5, 5.41) is 0. The summed E-state index contributed by atoms with van der Waals surface area (Å²) in [6, 6.07) is 0. The van der Waals surface area contributed by atoms with Gasteiger partial charge in [-0.1, -0.05) is 258 Å². The van der Waals surface area contributed by atoms with Crippen LogP contribution in [0.15, 0.2) is 122 Å². The summed E-state index contributed by atoms with van der Waals surface area (Å²) in [7, 11) is 0. The number of hydrogen-bond acceptors (Lipinski definition) is 6. The molecule has 0 saturated carbocycles. The first-order chi connectivity index (χ1) is 38.0. The third-order valence-electron chi connectivity index (χ3n) is 13.4. The van der Waals surface area contributed by atoms with E-state index in [0.29, 0.717) is 19.3 Å². The van der Waals surface area contributed by atoms with Gasteiger partial charge in [0.25, 0.3) is 0 Å². The highest BCUT2D eigenvalue weighted by atomic mass is 16.6. The normalized spacial score (nSPS) is 12.9. The van der Waals surface area contributed by atoms with E-state index in [1.165, 1.54) is 122 Å². The van der Waals surface area contributed by atoms with Crippen LogP contribution in [-0.2, 0) is 28.6 Å². The molecule has 438 valence electrons. The second-order valence-corrected chi connectivity index (χ2v) is 20.9. The summed E-state index contributed by atoms with van der Waals surface area (Å²) in [5.74, 6) is -0.926. The van der Waals surface area contributed by atoms with Gasteiger partial charge in [-0.2, -0.15) is 0 Å². The minimum atomic E-state index is -0.800. The second-order valence-electron chi connectivity index (χ2n) is 20.9. The SMILES string of the molecule is CC/C=C\C/C=C\C/C=C\C/C=C\C/C=C\C/C=C\CCCCCCC(=O)OCC(COC(=O)CCCCCCCCC/C=C\C/C=C\CCCCC)OC(=O)CCCCCCCCCCC/C=C\C/C=C\CCCCC. The lowest BCUT2D eigenvalue weighted by Gasteiger charge is -2.18. The van der Waals surface area contributed by atoms with Crippen LogP contribution >= 0.6 is 0 Å². The number of hydrogen-bond donors (Lipinski definition) is 0. The van der Waals surface area contributed by atoms with Crippen LogP contribution in [0.5, 0.6) is 0 Å². The molecule has 6 nitrogen and oxygen atoms in total. The minimum Gasteiger partial charge on any atom is -0.462 e. The van der Waals surface area contributed by atoms with Gasteiger partial charge >= 0.3 is 17.9 Å². The lowest BCUT2D eigenvalue weighted by atomic mass is 10.1. The standard InChI is InChI=1S/C71H118O6/c1-4-7-10-13-16-19-22-25-28-31-33-34-35-36-38-40-43-46-49-52-55-58-61-64-70(73)76-67-68(66-75-69(72)63-60-57-54-51-48-45-42-39-30-27-24-21-18-15-12-9-6-3)77-71(74)65-62-59-56-53-50-47-44-41-37-32-29-26-23-20-17-14-11-8-5-2/h7,10,16-21,25-30,33-34,36,38,43,46,68H,4-6,8-9,11-15,22-24,31-32,35,37,39-42,44-45,47-67H2,1-3H3/b10-7-,19-16-,20-17-,21-18-,28-25-,29-26-,30-27-,34-33-,38-36-,46-43-. The molecule has 77 heavy (non-hydrogen) atoms. The van der Waals surface area contributed by atoms with Crippen LogP contribution in [0, 0.1) is 0 Å². The molecule has 0 aromatic heterocycles. The van der Waals surface area contributed by atoms with Crippen LogP contribution in [-0.4, -0.2) is 37.2 Å². The maximum atomic E-state index is 12.9. The van der Waals surface area contributed by atoms with E-state index in [1.807, 2.05) is 0 Å². The zero-order chi connectivity index (χ0) is 55.7. The highest BCUT2D eigenvalue weighted by molar-refractivity contribution is 5.71. The van der Waals surface area contributed by atoms with Crippen molar-refractivity contribution >= 4 is 17.9 Å². The van der Waals surface area contributed by atoms with E-state index in [-0.39, 0.29) is 31.1 Å². The van der Waals surface area contributed by atoms with Gasteiger partial charge in [0.15, 0.2) is 6.10 Å². The Balaban J connectivity index is 4.47. The molecule has 0 aliphatic carbocycles. The largest absolute Gasteiger partial charge is 0.462 e. The summed E-state index contributed by atoms with van der Waals surface area (Å²) in [6.45, 7) is 6.46. The third-order valence-corrected chi connectivity index (χ3v) is 13.4. The van der Waals surface area contributed by atoms with Crippen molar-refractivity contribution in [2.75, 3.05) is 13.2 Å². The molecule has 0 aromatic rings. The van der Waals surface area contributed by atoms with Gasteiger partial charge in [0.05, 0.1) is 0 Å². The fourth-order valence-electron chi connectivity index (χ4n) is 8.62. The van der Waals surface area contributed by atoms with E-state index < -0.39 is 6.10 Å². The van der Waals surface area contributed by atoms with E-state index in [0.717, 1.165) is 128 Å². The average Bonchev–Trinajstić information content (AvgIpc) is 3.43. The number of carbonyl (C=O) groups is 3. The van der Waals surface area contributed by atoms with Crippen molar-refractivity contribution in [2.45, 2.75) is 297 Å². The Hall–Kier alpha value is -4.19. The molecule has 0 rings (SSSR count). The molecule has 0 spiro atoms. The molecule has 0 radical (unpaired) electrons. The van der Waals surface area contributed by atoms with Gasteiger partial charge < -0.3 is 14.2 Å². The Kier molecular flexibility index (Phi) is 60.8. The molecule has 0 aromatic carbocycles. The molecular formula is C71H118O6. The molecule has 0 saturated heterocycles. The van der Waals surface area contributed by atoms with Crippen LogP contribution < -0.4 is 0 Å². The number of carbonyl (C=O) groups excluding carboxylic acids is 3. The molecule has 0 bridgehead atoms. The number of allylic oxidation sites excluding steroid dienone is 20. The quantitative estimate of drug-likeness (QED) is 0.0261. The maximum absolute atomic E-state index is 12.9. The maximum Gasteiger partial charge on any atom is 0.306 e. The fraction of sp³-hybridized carbons (Fsp3) is 0.676. The molecule has 0 amide bonds. The van der Waals surface area contributed by atoms with Crippen molar-refractivity contribution in [1.82, 2.24) is 0 Å². The second kappa shape index (κ2) is 64.3. The third kappa shape index (κ3) is 62.5. The van der Waals surface area contributed by atoms with Gasteiger partial charge in [0, 0.05) is 19.3 Å². The summed E-state index contributed by atoms with van der Waals surface area (Å²) >= 11 is 0. The first kappa shape index (κ1) is 72.8. The van der Waals surface area contributed by atoms with Crippen LogP contribution in [0.25, 0.3) is 0 Å². The zero-order valence-electron chi connectivity index (χ0n) is 50.2. The Morgan fingerprint density at radius 3 is 0.792 bits per heavy atom. The van der Waals surface area contributed by atoms with Crippen LogP contribution in [0.1, 0.15) is 290 Å². The van der Waals surface area contributed by atoms with E-state index in [4.69, 9.17) is 14.2 Å². The molecule has 1 unspecified atom stereocenters. The lowest BCUT2D eigenvalue weighted by molar-refractivity contribution is -0.167. The molecular weight excluding hydrogens is 949 g/mol. The predicted octanol–water partition coefficient (Wildman–Crippen LogP) is 22.0. The molecule has 1 atom stereocenters. The van der Waals surface area contributed by atoms with Crippen molar-refractivity contribution < 1.29 is 28.6 Å². The van der Waals surface area contributed by atoms with Crippen molar-refractivity contribution in [1.29, 1.82) is 0 Å². The molecule has 0 fully saturated rings. The lowest BCUT2D eigenvalue weighted by Crippen LogP contribution is -2.30. The highest BCUT2D eigenvalue weighted by Gasteiger charge is 2.19. The van der Waals surface area contributed by atoms with Crippen LogP contribution in [0.2, 0.25) is 0 Å². The van der Waals surface area contributed by atoms with Gasteiger partial charge in [0.1, 0.15) is 13.2 Å². The Morgan fingerprint density at radius 1 is 0.273 bits per heavy atom. The number of rotatable bonds is 57. The number of ether oxygens (including phenoxy) is 3. The Bertz CT molecular complexity index is 1600. The molecule has 0 aliphatic rings. The smallest absolute Gasteiger partial charge is 0.306 e. The summed E-state index contributed by atoms with van der Waals surface area (Å²) in [4.78, 5) is 38.4. The highest BCUT2D eigenvalue weighted by Crippen LogP contribution is 2.15. The van der Waals surface area contributed by atoms with E-state index in [1.54, 1.807) is 0 Å². The average molecular weight is 1070 g/mol. The van der Waals surface area contributed by atoms with Gasteiger partial charge in [-0.3, -0.25) is 14.4 Å². The van der Waals surface area contributed by atoms with Crippen molar-refractivity contribution in [3.8, 4) is 0 Å². The van der Waals surface area contributed by atoms with Gasteiger partial charge in [-0.15, -0.1) is 0 Å². The molecule has 0 heterocycles. The zero-order valence-corrected chi connectivity index (χ0v) is 50.2. The van der Waals surface area contributed by atoms with E-state index in [2.05, 4.69) is 142 Å².